The van der Waals surface area contributed by atoms with Gasteiger partial charge < -0.3 is 9.30 Å². The SMILES string of the molecule is C(=C\c1ccccn1)/c1ccc(-n2ccnc2[C@@H]2CCCCO2)cc1. The molecule has 3 heterocycles. The van der Waals surface area contributed by atoms with Crippen molar-refractivity contribution in [3.63, 3.8) is 0 Å². The zero-order valence-electron chi connectivity index (χ0n) is 14.1. The second-order valence-electron chi connectivity index (χ2n) is 6.19. The molecule has 1 atom stereocenters. The van der Waals surface area contributed by atoms with E-state index in [0.29, 0.717) is 0 Å². The molecule has 1 aliphatic rings. The average molecular weight is 331 g/mol. The maximum Gasteiger partial charge on any atom is 0.142 e. The second kappa shape index (κ2) is 7.45. The first-order chi connectivity index (χ1) is 12.4. The number of hydrogen-bond donors (Lipinski definition) is 0. The van der Waals surface area contributed by atoms with Crippen molar-refractivity contribution in [1.29, 1.82) is 0 Å². The molecule has 1 aromatic carbocycles. The van der Waals surface area contributed by atoms with E-state index >= 15 is 0 Å². The first kappa shape index (κ1) is 15.8. The number of imidazole rings is 1. The normalized spacial score (nSPS) is 17.8. The Bertz CT molecular complexity index is 831. The molecule has 4 nitrogen and oxygen atoms in total. The number of nitrogens with zero attached hydrogens (tertiary/aromatic N) is 3. The summed E-state index contributed by atoms with van der Waals surface area (Å²) in [7, 11) is 0. The largest absolute Gasteiger partial charge is 0.370 e. The van der Waals surface area contributed by atoms with Crippen molar-refractivity contribution in [1.82, 2.24) is 14.5 Å². The van der Waals surface area contributed by atoms with Crippen LogP contribution in [0.4, 0.5) is 0 Å². The molecule has 0 saturated carbocycles. The number of ether oxygens (including phenoxy) is 1. The molecule has 126 valence electrons. The van der Waals surface area contributed by atoms with Gasteiger partial charge >= 0.3 is 0 Å². The summed E-state index contributed by atoms with van der Waals surface area (Å²) in [4.78, 5) is 8.83. The maximum absolute atomic E-state index is 5.89. The molecule has 0 aliphatic carbocycles. The van der Waals surface area contributed by atoms with Crippen molar-refractivity contribution >= 4 is 12.2 Å². The lowest BCUT2D eigenvalue weighted by atomic mass is 10.1. The van der Waals surface area contributed by atoms with Crippen LogP contribution in [0.5, 0.6) is 0 Å². The van der Waals surface area contributed by atoms with Gasteiger partial charge in [0.2, 0.25) is 0 Å². The Morgan fingerprint density at radius 1 is 0.960 bits per heavy atom. The van der Waals surface area contributed by atoms with Gasteiger partial charge in [-0.25, -0.2) is 4.98 Å². The first-order valence-electron chi connectivity index (χ1n) is 8.74. The highest BCUT2D eigenvalue weighted by Crippen LogP contribution is 2.28. The van der Waals surface area contributed by atoms with E-state index in [9.17, 15) is 0 Å². The highest BCUT2D eigenvalue weighted by Gasteiger charge is 2.21. The second-order valence-corrected chi connectivity index (χ2v) is 6.19. The summed E-state index contributed by atoms with van der Waals surface area (Å²) in [6.07, 6.45) is 13.3. The van der Waals surface area contributed by atoms with Crippen LogP contribution >= 0.6 is 0 Å². The minimum atomic E-state index is 0.104. The molecule has 0 spiro atoms. The van der Waals surface area contributed by atoms with Crippen LogP contribution in [0.2, 0.25) is 0 Å². The zero-order valence-corrected chi connectivity index (χ0v) is 14.1. The summed E-state index contributed by atoms with van der Waals surface area (Å²) < 4.78 is 8.02. The van der Waals surface area contributed by atoms with Gasteiger partial charge in [0, 0.05) is 30.9 Å². The standard InChI is InChI=1S/C21H21N3O/c1-3-13-22-18(5-1)10-7-17-8-11-19(12-9-17)24-15-14-23-21(24)20-6-2-4-16-25-20/h1,3,5,7-15,20H,2,4,6,16H2/b10-7+/t20-/m0/s1. The topological polar surface area (TPSA) is 39.9 Å². The minimum absolute atomic E-state index is 0.104. The van der Waals surface area contributed by atoms with Crippen LogP contribution in [-0.2, 0) is 4.74 Å². The Morgan fingerprint density at radius 2 is 1.88 bits per heavy atom. The van der Waals surface area contributed by atoms with Crippen LogP contribution in [0.3, 0.4) is 0 Å². The smallest absolute Gasteiger partial charge is 0.142 e. The minimum Gasteiger partial charge on any atom is -0.370 e. The third-order valence-electron chi connectivity index (χ3n) is 4.44. The molecule has 0 radical (unpaired) electrons. The van der Waals surface area contributed by atoms with Gasteiger partial charge in [-0.2, -0.15) is 0 Å². The molecule has 1 aliphatic heterocycles. The van der Waals surface area contributed by atoms with Crippen LogP contribution in [-0.4, -0.2) is 21.1 Å². The summed E-state index contributed by atoms with van der Waals surface area (Å²) in [5.74, 6) is 0.997. The van der Waals surface area contributed by atoms with Gasteiger partial charge in [0.1, 0.15) is 11.9 Å². The van der Waals surface area contributed by atoms with Crippen molar-refractivity contribution in [2.45, 2.75) is 25.4 Å². The third kappa shape index (κ3) is 3.69. The molecule has 25 heavy (non-hydrogen) atoms. The highest BCUT2D eigenvalue weighted by atomic mass is 16.5. The Morgan fingerprint density at radius 3 is 2.64 bits per heavy atom. The average Bonchev–Trinajstić information content (AvgIpc) is 3.18. The van der Waals surface area contributed by atoms with E-state index in [1.807, 2.05) is 36.7 Å². The molecule has 0 amide bonds. The summed E-state index contributed by atoms with van der Waals surface area (Å²) in [5.41, 5.74) is 3.21. The highest BCUT2D eigenvalue weighted by molar-refractivity contribution is 5.68. The van der Waals surface area contributed by atoms with Gasteiger partial charge in [-0.1, -0.05) is 24.3 Å². The third-order valence-corrected chi connectivity index (χ3v) is 4.44. The van der Waals surface area contributed by atoms with E-state index < -0.39 is 0 Å². The van der Waals surface area contributed by atoms with Gasteiger partial charge in [-0.3, -0.25) is 4.98 Å². The Kier molecular flexibility index (Phi) is 4.70. The van der Waals surface area contributed by atoms with E-state index in [4.69, 9.17) is 4.74 Å². The number of hydrogen-bond acceptors (Lipinski definition) is 3. The number of benzene rings is 1. The Balaban J connectivity index is 1.53. The van der Waals surface area contributed by atoms with Crippen molar-refractivity contribution in [3.05, 3.63) is 78.1 Å². The van der Waals surface area contributed by atoms with Crippen LogP contribution in [0, 0.1) is 0 Å². The molecular formula is C21H21N3O. The lowest BCUT2D eigenvalue weighted by molar-refractivity contribution is 0.00865. The molecule has 1 saturated heterocycles. The summed E-state index contributed by atoms with van der Waals surface area (Å²) >= 11 is 0. The fraction of sp³-hybridized carbons (Fsp3) is 0.238. The fourth-order valence-corrected chi connectivity index (χ4v) is 3.12. The molecule has 0 N–H and O–H groups in total. The van der Waals surface area contributed by atoms with Crippen molar-refractivity contribution < 1.29 is 4.74 Å². The van der Waals surface area contributed by atoms with Crippen molar-refractivity contribution in [3.8, 4) is 5.69 Å². The van der Waals surface area contributed by atoms with Gasteiger partial charge in [-0.15, -0.1) is 0 Å². The summed E-state index contributed by atoms with van der Waals surface area (Å²) in [6, 6.07) is 14.4. The molecular weight excluding hydrogens is 310 g/mol. The quantitative estimate of drug-likeness (QED) is 0.697. The first-order valence-corrected chi connectivity index (χ1v) is 8.74. The molecule has 3 aromatic rings. The van der Waals surface area contributed by atoms with E-state index in [1.54, 1.807) is 6.20 Å². The van der Waals surface area contributed by atoms with Crippen molar-refractivity contribution in [2.24, 2.45) is 0 Å². The predicted octanol–water partition coefficient (Wildman–Crippen LogP) is 4.68. The van der Waals surface area contributed by atoms with E-state index in [0.717, 1.165) is 42.2 Å². The predicted molar refractivity (Wildman–Crippen MR) is 99.3 cm³/mol. The molecule has 1 fully saturated rings. The molecule has 4 rings (SSSR count). The number of pyridine rings is 1. The van der Waals surface area contributed by atoms with E-state index in [2.05, 4.69) is 44.9 Å². The van der Waals surface area contributed by atoms with Gasteiger partial charge in [0.05, 0.1) is 5.69 Å². The summed E-state index contributed by atoms with van der Waals surface area (Å²) in [6.45, 7) is 0.828. The maximum atomic E-state index is 5.89. The van der Waals surface area contributed by atoms with Crippen molar-refractivity contribution in [2.75, 3.05) is 6.61 Å². The monoisotopic (exact) mass is 331 g/mol. The van der Waals surface area contributed by atoms with Crippen LogP contribution < -0.4 is 0 Å². The van der Waals surface area contributed by atoms with Crippen LogP contribution in [0.1, 0.15) is 42.4 Å². The Labute approximate surface area is 147 Å². The van der Waals surface area contributed by atoms with Gasteiger partial charge in [-0.05, 0) is 55.2 Å². The Hall–Kier alpha value is -2.72. The molecule has 0 unspecified atom stereocenters. The fourth-order valence-electron chi connectivity index (χ4n) is 3.12. The van der Waals surface area contributed by atoms with Crippen LogP contribution in [0.15, 0.2) is 61.1 Å². The van der Waals surface area contributed by atoms with E-state index in [-0.39, 0.29) is 6.10 Å². The number of aromatic nitrogens is 3. The molecule has 2 aromatic heterocycles. The number of rotatable bonds is 4. The summed E-state index contributed by atoms with van der Waals surface area (Å²) in [5, 5.41) is 0. The van der Waals surface area contributed by atoms with Crippen LogP contribution in [0.25, 0.3) is 17.8 Å². The molecule has 4 heteroatoms. The lowest BCUT2D eigenvalue weighted by Crippen LogP contribution is -2.15. The van der Waals surface area contributed by atoms with E-state index in [1.165, 1.54) is 6.42 Å². The lowest BCUT2D eigenvalue weighted by Gasteiger charge is -2.23. The molecule has 0 bridgehead atoms. The van der Waals surface area contributed by atoms with Gasteiger partial charge in [0.15, 0.2) is 0 Å². The zero-order chi connectivity index (χ0) is 16.9. The van der Waals surface area contributed by atoms with Gasteiger partial charge in [0.25, 0.3) is 0 Å².